The van der Waals surface area contributed by atoms with Crippen molar-refractivity contribution in [1.29, 1.82) is 0 Å². The van der Waals surface area contributed by atoms with E-state index in [1.807, 2.05) is 6.92 Å². The van der Waals surface area contributed by atoms with Crippen molar-refractivity contribution in [2.24, 2.45) is 0 Å². The van der Waals surface area contributed by atoms with Gasteiger partial charge in [0.1, 0.15) is 10.8 Å². The van der Waals surface area contributed by atoms with Crippen LogP contribution >= 0.6 is 22.9 Å². The van der Waals surface area contributed by atoms with Crippen molar-refractivity contribution in [2.75, 3.05) is 12.4 Å². The molecule has 0 radical (unpaired) electrons. The smallest absolute Gasteiger partial charge is 0.341 e. The molecule has 0 saturated carbocycles. The van der Waals surface area contributed by atoms with E-state index in [1.165, 1.54) is 18.4 Å². The quantitative estimate of drug-likeness (QED) is 0.694. The molecule has 27 heavy (non-hydrogen) atoms. The maximum Gasteiger partial charge on any atom is 0.341 e. The number of fused-ring (bicyclic) bond motifs is 1. The van der Waals surface area contributed by atoms with Crippen molar-refractivity contribution < 1.29 is 19.1 Å². The van der Waals surface area contributed by atoms with E-state index in [4.69, 9.17) is 21.1 Å². The van der Waals surface area contributed by atoms with Crippen LogP contribution in [0, 0.1) is 0 Å². The number of carbonyl (C=O) groups excluding carboxylic acids is 2. The van der Waals surface area contributed by atoms with Gasteiger partial charge < -0.3 is 14.8 Å². The van der Waals surface area contributed by atoms with Gasteiger partial charge in [0.05, 0.1) is 17.7 Å². The summed E-state index contributed by atoms with van der Waals surface area (Å²) in [5.74, 6) is -0.259. The number of anilines is 1. The Kier molecular flexibility index (Phi) is 6.39. The number of nitrogens with one attached hydrogen (secondary N) is 1. The number of halogens is 1. The maximum atomic E-state index is 12.8. The number of amides is 1. The lowest BCUT2D eigenvalue weighted by Gasteiger charge is -2.18. The van der Waals surface area contributed by atoms with E-state index in [0.717, 1.165) is 36.1 Å². The maximum absolute atomic E-state index is 12.8. The van der Waals surface area contributed by atoms with Crippen LogP contribution in [0.5, 0.6) is 5.75 Å². The molecule has 0 aliphatic heterocycles. The second kappa shape index (κ2) is 8.76. The van der Waals surface area contributed by atoms with Crippen LogP contribution in [0.1, 0.15) is 47.0 Å². The standard InChI is InChI=1S/C20H22ClNO4S/c1-3-14(26-15-10-6-5-9-13(15)21)18(23)22-19-17(20(24)25-2)12-8-4-7-11-16(12)27-19/h5-6,9-10,14H,3-4,7-8,11H2,1-2H3,(H,22,23). The average Bonchev–Trinajstić information content (AvgIpc) is 3.04. The molecule has 1 atom stereocenters. The van der Waals surface area contributed by atoms with E-state index in [9.17, 15) is 9.59 Å². The molecule has 1 aromatic carbocycles. The zero-order valence-electron chi connectivity index (χ0n) is 15.3. The van der Waals surface area contributed by atoms with Gasteiger partial charge in [-0.3, -0.25) is 4.79 Å². The first-order valence-electron chi connectivity index (χ1n) is 9.00. The lowest BCUT2D eigenvalue weighted by Crippen LogP contribution is -2.32. The molecule has 1 aliphatic rings. The monoisotopic (exact) mass is 407 g/mol. The third kappa shape index (κ3) is 4.28. The molecule has 3 rings (SSSR count). The molecular weight excluding hydrogens is 386 g/mol. The highest BCUT2D eigenvalue weighted by atomic mass is 35.5. The predicted molar refractivity (Wildman–Crippen MR) is 107 cm³/mol. The zero-order chi connectivity index (χ0) is 19.4. The van der Waals surface area contributed by atoms with Crippen LogP contribution < -0.4 is 10.1 Å². The number of hydrogen-bond donors (Lipinski definition) is 1. The first-order chi connectivity index (χ1) is 13.0. The highest BCUT2D eigenvalue weighted by molar-refractivity contribution is 7.17. The fourth-order valence-electron chi connectivity index (χ4n) is 3.18. The second-order valence-electron chi connectivity index (χ2n) is 6.34. The largest absolute Gasteiger partial charge is 0.479 e. The molecule has 0 spiro atoms. The van der Waals surface area contributed by atoms with Crippen LogP contribution in [0.3, 0.4) is 0 Å². The third-order valence-corrected chi connectivity index (χ3v) is 6.09. The molecule has 0 bridgehead atoms. The van der Waals surface area contributed by atoms with Crippen LogP contribution in [0.2, 0.25) is 5.02 Å². The molecule has 1 unspecified atom stereocenters. The number of esters is 1. The fourth-order valence-corrected chi connectivity index (χ4v) is 4.64. The van der Waals surface area contributed by atoms with Gasteiger partial charge >= 0.3 is 5.97 Å². The Morgan fingerprint density at radius 3 is 2.70 bits per heavy atom. The number of hydrogen-bond acceptors (Lipinski definition) is 5. The first-order valence-corrected chi connectivity index (χ1v) is 10.2. The molecule has 0 fully saturated rings. The van der Waals surface area contributed by atoms with Gasteiger partial charge in [-0.2, -0.15) is 0 Å². The molecule has 1 N–H and O–H groups in total. The molecular formula is C20H22ClNO4S. The number of rotatable bonds is 6. The molecule has 1 heterocycles. The van der Waals surface area contributed by atoms with Gasteiger partial charge in [-0.25, -0.2) is 4.79 Å². The summed E-state index contributed by atoms with van der Waals surface area (Å²) in [6.07, 6.45) is 3.64. The molecule has 7 heteroatoms. The minimum atomic E-state index is -0.713. The van der Waals surface area contributed by atoms with E-state index < -0.39 is 12.1 Å². The Labute approximate surface area is 167 Å². The van der Waals surface area contributed by atoms with Crippen molar-refractivity contribution in [3.8, 4) is 5.75 Å². The van der Waals surface area contributed by atoms with E-state index in [0.29, 0.717) is 27.8 Å². The summed E-state index contributed by atoms with van der Waals surface area (Å²) in [7, 11) is 1.36. The third-order valence-electron chi connectivity index (χ3n) is 4.57. The van der Waals surface area contributed by atoms with E-state index in [1.54, 1.807) is 24.3 Å². The van der Waals surface area contributed by atoms with E-state index in [-0.39, 0.29) is 5.91 Å². The molecule has 2 aromatic rings. The number of carbonyl (C=O) groups is 2. The van der Waals surface area contributed by atoms with Crippen molar-refractivity contribution in [3.63, 3.8) is 0 Å². The van der Waals surface area contributed by atoms with Crippen molar-refractivity contribution in [2.45, 2.75) is 45.1 Å². The van der Waals surface area contributed by atoms with Gasteiger partial charge in [-0.05, 0) is 49.8 Å². The van der Waals surface area contributed by atoms with Crippen LogP contribution in [-0.4, -0.2) is 25.1 Å². The number of methoxy groups -OCH3 is 1. The van der Waals surface area contributed by atoms with Gasteiger partial charge in [0, 0.05) is 4.88 Å². The van der Waals surface area contributed by atoms with Gasteiger partial charge in [-0.15, -0.1) is 11.3 Å². The lowest BCUT2D eigenvalue weighted by atomic mass is 9.95. The van der Waals surface area contributed by atoms with Crippen molar-refractivity contribution in [1.82, 2.24) is 0 Å². The molecule has 5 nitrogen and oxygen atoms in total. The molecule has 1 aromatic heterocycles. The summed E-state index contributed by atoms with van der Waals surface area (Å²) >= 11 is 7.59. The second-order valence-corrected chi connectivity index (χ2v) is 7.85. The molecule has 1 aliphatic carbocycles. The van der Waals surface area contributed by atoms with Crippen LogP contribution in [0.4, 0.5) is 5.00 Å². The Balaban J connectivity index is 1.83. The minimum absolute atomic E-state index is 0.304. The van der Waals surface area contributed by atoms with Gasteiger partial charge in [0.25, 0.3) is 5.91 Å². The summed E-state index contributed by atoms with van der Waals surface area (Å²) in [4.78, 5) is 26.3. The topological polar surface area (TPSA) is 64.6 Å². The zero-order valence-corrected chi connectivity index (χ0v) is 16.9. The Morgan fingerprint density at radius 1 is 1.26 bits per heavy atom. The van der Waals surface area contributed by atoms with E-state index in [2.05, 4.69) is 5.32 Å². The summed E-state index contributed by atoms with van der Waals surface area (Å²) in [6, 6.07) is 7.04. The van der Waals surface area contributed by atoms with E-state index >= 15 is 0 Å². The first kappa shape index (κ1) is 19.7. The average molecular weight is 408 g/mol. The van der Waals surface area contributed by atoms with Crippen LogP contribution in [-0.2, 0) is 22.4 Å². The summed E-state index contributed by atoms with van der Waals surface area (Å²) in [6.45, 7) is 1.86. The number of aryl methyl sites for hydroxylation is 1. The summed E-state index contributed by atoms with van der Waals surface area (Å²) in [5, 5.41) is 3.88. The number of para-hydroxylation sites is 1. The highest BCUT2D eigenvalue weighted by Crippen LogP contribution is 2.38. The van der Waals surface area contributed by atoms with Gasteiger partial charge in [0.15, 0.2) is 6.10 Å². The number of benzene rings is 1. The van der Waals surface area contributed by atoms with Crippen LogP contribution in [0.15, 0.2) is 24.3 Å². The Hall–Kier alpha value is -2.05. The predicted octanol–water partition coefficient (Wildman–Crippen LogP) is 4.86. The Morgan fingerprint density at radius 2 is 2.00 bits per heavy atom. The number of ether oxygens (including phenoxy) is 2. The summed E-state index contributed by atoms with van der Waals surface area (Å²) in [5.41, 5.74) is 1.49. The number of thiophene rings is 1. The Bertz CT molecular complexity index is 849. The molecule has 0 saturated heterocycles. The highest BCUT2D eigenvalue weighted by Gasteiger charge is 2.29. The lowest BCUT2D eigenvalue weighted by molar-refractivity contribution is -0.122. The minimum Gasteiger partial charge on any atom is -0.479 e. The molecule has 144 valence electrons. The normalized spacial score (nSPS) is 14.2. The van der Waals surface area contributed by atoms with Gasteiger partial charge in [0.2, 0.25) is 0 Å². The summed E-state index contributed by atoms with van der Waals surface area (Å²) < 4.78 is 10.8. The van der Waals surface area contributed by atoms with Crippen molar-refractivity contribution >= 4 is 39.8 Å². The van der Waals surface area contributed by atoms with Crippen molar-refractivity contribution in [3.05, 3.63) is 45.3 Å². The fraction of sp³-hybridized carbons (Fsp3) is 0.400. The van der Waals surface area contributed by atoms with Gasteiger partial charge in [-0.1, -0.05) is 30.7 Å². The molecule has 1 amide bonds. The van der Waals surface area contributed by atoms with Crippen LogP contribution in [0.25, 0.3) is 0 Å². The SMILES string of the molecule is CCC(Oc1ccccc1Cl)C(=O)Nc1sc2c(c1C(=O)OC)CCCC2.